The van der Waals surface area contributed by atoms with E-state index in [-0.39, 0.29) is 36.4 Å². The number of alkyl halides is 1. The van der Waals surface area contributed by atoms with E-state index in [1.54, 1.807) is 26.1 Å². The molecule has 2 aromatic heterocycles. The Kier molecular flexibility index (Phi) is 12.2. The third kappa shape index (κ3) is 8.62. The van der Waals surface area contributed by atoms with Gasteiger partial charge in [0.2, 0.25) is 0 Å². The molecule has 0 radical (unpaired) electrons. The van der Waals surface area contributed by atoms with Crippen molar-refractivity contribution >= 4 is 33.8 Å². The third-order valence-corrected chi connectivity index (χ3v) is 6.75. The fourth-order valence-electron chi connectivity index (χ4n) is 4.11. The predicted molar refractivity (Wildman–Crippen MR) is 164 cm³/mol. The summed E-state index contributed by atoms with van der Waals surface area (Å²) < 4.78 is 12.6. The number of benzene rings is 2. The molecule has 0 fully saturated rings. The van der Waals surface area contributed by atoms with Gasteiger partial charge in [0.1, 0.15) is 11.1 Å². The minimum absolute atomic E-state index is 0.0604. The number of carbonyl (C=O) groups is 3. The minimum Gasteiger partial charge on any atom is -0.478 e. The van der Waals surface area contributed by atoms with Crippen LogP contribution in [0.5, 0.6) is 0 Å². The molecule has 4 rings (SSSR count). The van der Waals surface area contributed by atoms with Gasteiger partial charge in [-0.3, -0.25) is 9.59 Å². The average Bonchev–Trinajstić information content (AvgIpc) is 3.00. The molecule has 2 heterocycles. The van der Waals surface area contributed by atoms with Crippen molar-refractivity contribution in [1.29, 1.82) is 0 Å². The largest absolute Gasteiger partial charge is 0.478 e. The fraction of sp³-hybridized carbons (Fsp3) is 0.219. The molecule has 11 heteroatoms. The smallest absolute Gasteiger partial charge is 0.344 e. The van der Waals surface area contributed by atoms with Crippen molar-refractivity contribution in [3.8, 4) is 0 Å². The molecule has 224 valence electrons. The van der Waals surface area contributed by atoms with Crippen LogP contribution < -0.4 is 11.1 Å². The monoisotopic (exact) mass is 650 g/mol. The Morgan fingerprint density at radius 2 is 1.14 bits per heavy atom. The molecule has 0 unspecified atom stereocenters. The van der Waals surface area contributed by atoms with E-state index in [0.29, 0.717) is 17.4 Å². The zero-order valence-corrected chi connectivity index (χ0v) is 25.3. The van der Waals surface area contributed by atoms with Gasteiger partial charge >= 0.3 is 17.9 Å². The SMILES string of the molecule is CCOC(=O)c1c(C(=O)O)ccn(Cc2ccccc2)c1=O.CCOC(=O)c1c(CBr)ccn(Cc2ccccc2)c1=O. The van der Waals surface area contributed by atoms with E-state index < -0.39 is 29.0 Å². The van der Waals surface area contributed by atoms with Crippen LogP contribution in [0.1, 0.15) is 61.6 Å². The second-order valence-electron chi connectivity index (χ2n) is 9.04. The molecule has 43 heavy (non-hydrogen) atoms. The van der Waals surface area contributed by atoms with Gasteiger partial charge in [0, 0.05) is 17.7 Å². The second kappa shape index (κ2) is 16.0. The van der Waals surface area contributed by atoms with Gasteiger partial charge in [-0.25, -0.2) is 14.4 Å². The van der Waals surface area contributed by atoms with E-state index in [4.69, 9.17) is 14.6 Å². The molecule has 4 aromatic rings. The van der Waals surface area contributed by atoms with Crippen molar-refractivity contribution in [2.24, 2.45) is 0 Å². The molecule has 0 saturated heterocycles. The highest BCUT2D eigenvalue weighted by Gasteiger charge is 2.23. The van der Waals surface area contributed by atoms with E-state index in [9.17, 15) is 24.0 Å². The first-order valence-corrected chi connectivity index (χ1v) is 14.5. The minimum atomic E-state index is -1.34. The van der Waals surface area contributed by atoms with Crippen LogP contribution in [-0.4, -0.2) is 45.4 Å². The number of aromatic nitrogens is 2. The van der Waals surface area contributed by atoms with Gasteiger partial charge in [0.15, 0.2) is 0 Å². The standard InChI is InChI=1S/C16H16BrNO3.C16H15NO5/c1-2-21-16(20)14-13(10-17)8-9-18(15(14)19)11-12-6-4-3-5-7-12;1-2-22-16(21)13-12(15(19)20)8-9-17(14(13)18)10-11-6-4-3-5-7-11/h3-9H,2,10-11H2,1H3;3-9H,2,10H2,1H3,(H,19,20). The van der Waals surface area contributed by atoms with Crippen molar-refractivity contribution in [3.05, 3.63) is 139 Å². The number of carbonyl (C=O) groups excluding carboxylic acids is 2. The van der Waals surface area contributed by atoms with E-state index >= 15 is 0 Å². The molecule has 0 atom stereocenters. The molecule has 10 nitrogen and oxygen atoms in total. The fourth-order valence-corrected chi connectivity index (χ4v) is 4.57. The van der Waals surface area contributed by atoms with Crippen molar-refractivity contribution in [2.45, 2.75) is 32.3 Å². The Morgan fingerprint density at radius 1 is 0.698 bits per heavy atom. The van der Waals surface area contributed by atoms with Crippen LogP contribution in [0.15, 0.2) is 94.8 Å². The maximum atomic E-state index is 12.5. The van der Waals surface area contributed by atoms with Crippen molar-refractivity contribution in [1.82, 2.24) is 9.13 Å². The number of nitrogens with zero attached hydrogens (tertiary/aromatic N) is 2. The van der Waals surface area contributed by atoms with Gasteiger partial charge in [-0.05, 0) is 42.7 Å². The number of esters is 2. The molecular formula is C32H31BrN2O8. The molecular weight excluding hydrogens is 620 g/mol. The summed E-state index contributed by atoms with van der Waals surface area (Å²) in [5.74, 6) is -2.83. The summed E-state index contributed by atoms with van der Waals surface area (Å²) in [6.07, 6.45) is 3.07. The number of aromatic carboxylic acids is 1. The van der Waals surface area contributed by atoms with Crippen molar-refractivity contribution < 1.29 is 29.0 Å². The van der Waals surface area contributed by atoms with E-state index in [0.717, 1.165) is 11.1 Å². The summed E-state index contributed by atoms with van der Waals surface area (Å²) in [6.45, 7) is 4.28. The zero-order valence-electron chi connectivity index (χ0n) is 23.7. The van der Waals surface area contributed by atoms with Gasteiger partial charge < -0.3 is 23.7 Å². The number of rotatable bonds is 10. The molecule has 0 amide bonds. The number of carboxylic acids is 1. The third-order valence-electron chi connectivity index (χ3n) is 6.14. The van der Waals surface area contributed by atoms with Crippen LogP contribution in [0, 0.1) is 0 Å². The zero-order chi connectivity index (χ0) is 31.4. The Bertz CT molecular complexity index is 1680. The maximum absolute atomic E-state index is 12.5. The summed E-state index contributed by atoms with van der Waals surface area (Å²) in [4.78, 5) is 60.0. The number of pyridine rings is 2. The molecule has 0 aliphatic rings. The lowest BCUT2D eigenvalue weighted by atomic mass is 10.1. The highest BCUT2D eigenvalue weighted by atomic mass is 79.9. The van der Waals surface area contributed by atoms with Crippen molar-refractivity contribution in [3.63, 3.8) is 0 Å². The predicted octanol–water partition coefficient (Wildman–Crippen LogP) is 4.74. The van der Waals surface area contributed by atoms with Crippen LogP contribution in [-0.2, 0) is 27.9 Å². The van der Waals surface area contributed by atoms with E-state index in [2.05, 4.69) is 15.9 Å². The summed E-state index contributed by atoms with van der Waals surface area (Å²) in [6, 6.07) is 21.8. The first kappa shape index (κ1) is 32.7. The number of hydrogen-bond donors (Lipinski definition) is 1. The van der Waals surface area contributed by atoms with E-state index in [1.165, 1.54) is 21.4 Å². The van der Waals surface area contributed by atoms with Crippen LogP contribution >= 0.6 is 15.9 Å². The molecule has 0 aliphatic heterocycles. The molecule has 0 saturated carbocycles. The Labute approximate surface area is 256 Å². The van der Waals surface area contributed by atoms with Crippen LogP contribution in [0.2, 0.25) is 0 Å². The lowest BCUT2D eigenvalue weighted by Gasteiger charge is -2.11. The topological polar surface area (TPSA) is 134 Å². The van der Waals surface area contributed by atoms with Gasteiger partial charge in [-0.15, -0.1) is 0 Å². The second-order valence-corrected chi connectivity index (χ2v) is 9.60. The number of halogens is 1. The van der Waals surface area contributed by atoms with Gasteiger partial charge in [-0.2, -0.15) is 0 Å². The number of hydrogen-bond acceptors (Lipinski definition) is 7. The van der Waals surface area contributed by atoms with Gasteiger partial charge in [0.05, 0.1) is 31.9 Å². The molecule has 0 bridgehead atoms. The summed E-state index contributed by atoms with van der Waals surface area (Å²) >= 11 is 3.30. The summed E-state index contributed by atoms with van der Waals surface area (Å²) in [5, 5.41) is 9.57. The van der Waals surface area contributed by atoms with Gasteiger partial charge in [-0.1, -0.05) is 76.6 Å². The number of carboxylic acid groups (broad SMARTS) is 1. The molecule has 0 spiro atoms. The van der Waals surface area contributed by atoms with Crippen LogP contribution in [0.25, 0.3) is 0 Å². The lowest BCUT2D eigenvalue weighted by Crippen LogP contribution is -2.30. The number of ether oxygens (including phenoxy) is 2. The van der Waals surface area contributed by atoms with Gasteiger partial charge in [0.25, 0.3) is 11.1 Å². The average molecular weight is 652 g/mol. The highest BCUT2D eigenvalue weighted by molar-refractivity contribution is 9.08. The highest BCUT2D eigenvalue weighted by Crippen LogP contribution is 2.12. The lowest BCUT2D eigenvalue weighted by molar-refractivity contribution is 0.0508. The summed E-state index contributed by atoms with van der Waals surface area (Å²) in [5.41, 5.74) is 0.801. The maximum Gasteiger partial charge on any atom is 0.344 e. The van der Waals surface area contributed by atoms with Crippen molar-refractivity contribution in [2.75, 3.05) is 13.2 Å². The normalized spacial score (nSPS) is 10.3. The molecule has 1 N–H and O–H groups in total. The van der Waals surface area contributed by atoms with E-state index in [1.807, 2.05) is 60.7 Å². The molecule has 0 aliphatic carbocycles. The first-order valence-electron chi connectivity index (χ1n) is 13.4. The quantitative estimate of drug-likeness (QED) is 0.192. The first-order chi connectivity index (χ1) is 20.7. The Balaban J connectivity index is 0.000000236. The summed E-state index contributed by atoms with van der Waals surface area (Å²) in [7, 11) is 0. The van der Waals surface area contributed by atoms with Crippen LogP contribution in [0.3, 0.4) is 0 Å². The van der Waals surface area contributed by atoms with Crippen LogP contribution in [0.4, 0.5) is 0 Å². The molecule has 2 aromatic carbocycles. The Hall–Kier alpha value is -4.77. The Morgan fingerprint density at radius 3 is 1.58 bits per heavy atom.